The molecule has 0 saturated carbocycles. The average molecular weight is 281 g/mol. The van der Waals surface area contributed by atoms with Crippen molar-refractivity contribution in [1.29, 1.82) is 0 Å². The summed E-state index contributed by atoms with van der Waals surface area (Å²) in [6, 6.07) is 2.58. The predicted molar refractivity (Wildman–Crippen MR) is 68.8 cm³/mol. The van der Waals surface area contributed by atoms with Gasteiger partial charge >= 0.3 is 5.97 Å². The van der Waals surface area contributed by atoms with Gasteiger partial charge in [0.25, 0.3) is 5.91 Å². The second kappa shape index (κ2) is 6.42. The van der Waals surface area contributed by atoms with E-state index in [9.17, 15) is 14.0 Å². The zero-order valence-electron chi connectivity index (χ0n) is 11.0. The number of carboxylic acid groups (broad SMARTS) is 1. The van der Waals surface area contributed by atoms with Crippen molar-refractivity contribution in [2.75, 3.05) is 32.7 Å². The molecule has 0 aromatic carbocycles. The number of aromatic nitrogens is 1. The largest absolute Gasteiger partial charge is 0.481 e. The zero-order chi connectivity index (χ0) is 14.5. The fourth-order valence-corrected chi connectivity index (χ4v) is 2.11. The summed E-state index contributed by atoms with van der Waals surface area (Å²) in [4.78, 5) is 29.8. The standard InChI is InChI=1S/C13H16FN3O3/c14-11-2-1-10(9-15-11)13(20)17-7-5-16(6-8-17)4-3-12(18)19/h1-2,9H,3-8H2,(H,18,19). The van der Waals surface area contributed by atoms with Crippen molar-refractivity contribution in [2.24, 2.45) is 0 Å². The maximum absolute atomic E-state index is 12.7. The topological polar surface area (TPSA) is 73.7 Å². The Morgan fingerprint density at radius 3 is 2.50 bits per heavy atom. The first kappa shape index (κ1) is 14.4. The summed E-state index contributed by atoms with van der Waals surface area (Å²) in [6.45, 7) is 2.86. The minimum atomic E-state index is -0.819. The highest BCUT2D eigenvalue weighted by Gasteiger charge is 2.22. The van der Waals surface area contributed by atoms with Crippen LogP contribution in [0.15, 0.2) is 18.3 Å². The van der Waals surface area contributed by atoms with Crippen molar-refractivity contribution in [1.82, 2.24) is 14.8 Å². The van der Waals surface area contributed by atoms with Crippen LogP contribution in [0.25, 0.3) is 0 Å². The lowest BCUT2D eigenvalue weighted by Gasteiger charge is -2.34. The van der Waals surface area contributed by atoms with Gasteiger partial charge in [0.2, 0.25) is 5.95 Å². The van der Waals surface area contributed by atoms with E-state index in [1.54, 1.807) is 4.90 Å². The van der Waals surface area contributed by atoms with E-state index >= 15 is 0 Å². The summed E-state index contributed by atoms with van der Waals surface area (Å²) in [6.07, 6.45) is 1.34. The second-order valence-corrected chi connectivity index (χ2v) is 4.65. The van der Waals surface area contributed by atoms with Crippen molar-refractivity contribution in [3.63, 3.8) is 0 Å². The molecular formula is C13H16FN3O3. The highest BCUT2D eigenvalue weighted by Crippen LogP contribution is 2.09. The number of rotatable bonds is 4. The van der Waals surface area contributed by atoms with Crippen LogP contribution in [-0.2, 0) is 4.79 Å². The van der Waals surface area contributed by atoms with Gasteiger partial charge in [-0.15, -0.1) is 0 Å². The number of pyridine rings is 1. The normalized spacial score (nSPS) is 16.1. The van der Waals surface area contributed by atoms with Gasteiger partial charge in [-0.3, -0.25) is 14.5 Å². The number of hydrogen-bond donors (Lipinski definition) is 1. The van der Waals surface area contributed by atoms with Crippen LogP contribution in [0.2, 0.25) is 0 Å². The maximum Gasteiger partial charge on any atom is 0.304 e. The molecular weight excluding hydrogens is 265 g/mol. The molecule has 108 valence electrons. The molecule has 1 saturated heterocycles. The lowest BCUT2D eigenvalue weighted by Crippen LogP contribution is -2.49. The van der Waals surface area contributed by atoms with Gasteiger partial charge in [-0.1, -0.05) is 0 Å². The Morgan fingerprint density at radius 2 is 1.95 bits per heavy atom. The number of aliphatic carboxylic acids is 1. The lowest BCUT2D eigenvalue weighted by molar-refractivity contribution is -0.137. The number of nitrogens with zero attached hydrogens (tertiary/aromatic N) is 3. The third-order valence-electron chi connectivity index (χ3n) is 3.28. The molecule has 6 nitrogen and oxygen atoms in total. The van der Waals surface area contributed by atoms with E-state index < -0.39 is 11.9 Å². The third-order valence-corrected chi connectivity index (χ3v) is 3.28. The molecule has 0 aliphatic carbocycles. The molecule has 0 radical (unpaired) electrons. The van der Waals surface area contributed by atoms with Crippen LogP contribution in [0, 0.1) is 5.95 Å². The molecule has 1 aromatic heterocycles. The van der Waals surface area contributed by atoms with E-state index in [0.717, 1.165) is 6.07 Å². The van der Waals surface area contributed by atoms with Crippen molar-refractivity contribution in [2.45, 2.75) is 6.42 Å². The summed E-state index contributed by atoms with van der Waals surface area (Å²) < 4.78 is 12.7. The van der Waals surface area contributed by atoms with Gasteiger partial charge in [0, 0.05) is 38.9 Å². The molecule has 2 heterocycles. The summed E-state index contributed by atoms with van der Waals surface area (Å²) in [5.41, 5.74) is 0.366. The SMILES string of the molecule is O=C(O)CCN1CCN(C(=O)c2ccc(F)nc2)CC1. The zero-order valence-corrected chi connectivity index (χ0v) is 11.0. The molecule has 0 spiro atoms. The second-order valence-electron chi connectivity index (χ2n) is 4.65. The molecule has 2 rings (SSSR count). The van der Waals surface area contributed by atoms with Crippen LogP contribution >= 0.6 is 0 Å². The molecule has 0 unspecified atom stereocenters. The molecule has 7 heteroatoms. The van der Waals surface area contributed by atoms with Gasteiger partial charge in [0.15, 0.2) is 0 Å². The number of halogens is 1. The molecule has 1 aromatic rings. The fourth-order valence-electron chi connectivity index (χ4n) is 2.11. The first-order valence-electron chi connectivity index (χ1n) is 6.41. The number of carboxylic acids is 1. The molecule has 1 aliphatic heterocycles. The monoisotopic (exact) mass is 281 g/mol. The predicted octanol–water partition coefficient (Wildman–Crippen LogP) is 0.453. The van der Waals surface area contributed by atoms with E-state index in [-0.39, 0.29) is 12.3 Å². The van der Waals surface area contributed by atoms with Gasteiger partial charge in [0.05, 0.1) is 12.0 Å². The molecule has 1 aliphatic rings. The Hall–Kier alpha value is -2.02. The number of carbonyl (C=O) groups is 2. The highest BCUT2D eigenvalue weighted by molar-refractivity contribution is 5.93. The van der Waals surface area contributed by atoms with Crippen LogP contribution in [0.1, 0.15) is 16.8 Å². The van der Waals surface area contributed by atoms with E-state index in [1.807, 2.05) is 4.90 Å². The fraction of sp³-hybridized carbons (Fsp3) is 0.462. The molecule has 1 fully saturated rings. The first-order chi connectivity index (χ1) is 9.56. The van der Waals surface area contributed by atoms with Crippen LogP contribution in [-0.4, -0.2) is 64.5 Å². The van der Waals surface area contributed by atoms with Crippen LogP contribution in [0.3, 0.4) is 0 Å². The van der Waals surface area contributed by atoms with Gasteiger partial charge in [-0.2, -0.15) is 4.39 Å². The van der Waals surface area contributed by atoms with Gasteiger partial charge < -0.3 is 10.0 Å². The van der Waals surface area contributed by atoms with Crippen molar-refractivity contribution in [3.8, 4) is 0 Å². The Balaban J connectivity index is 1.85. The molecule has 1 amide bonds. The Bertz CT molecular complexity index is 484. The van der Waals surface area contributed by atoms with Crippen LogP contribution in [0.5, 0.6) is 0 Å². The number of piperazine rings is 1. The van der Waals surface area contributed by atoms with Crippen molar-refractivity contribution < 1.29 is 19.1 Å². The third kappa shape index (κ3) is 3.74. The van der Waals surface area contributed by atoms with Gasteiger partial charge in [0.1, 0.15) is 0 Å². The maximum atomic E-state index is 12.7. The van der Waals surface area contributed by atoms with E-state index in [4.69, 9.17) is 5.11 Å². The Kier molecular flexibility index (Phi) is 4.62. The van der Waals surface area contributed by atoms with E-state index in [1.165, 1.54) is 12.3 Å². The molecule has 1 N–H and O–H groups in total. The van der Waals surface area contributed by atoms with E-state index in [2.05, 4.69) is 4.98 Å². The number of hydrogen-bond acceptors (Lipinski definition) is 4. The Morgan fingerprint density at radius 1 is 1.25 bits per heavy atom. The summed E-state index contributed by atoms with van der Waals surface area (Å²) >= 11 is 0. The smallest absolute Gasteiger partial charge is 0.304 e. The first-order valence-corrected chi connectivity index (χ1v) is 6.41. The van der Waals surface area contributed by atoms with Crippen molar-refractivity contribution in [3.05, 3.63) is 29.8 Å². The van der Waals surface area contributed by atoms with E-state index in [0.29, 0.717) is 38.3 Å². The summed E-state index contributed by atoms with van der Waals surface area (Å²) in [5.74, 6) is -1.60. The lowest BCUT2D eigenvalue weighted by atomic mass is 10.2. The molecule has 0 bridgehead atoms. The van der Waals surface area contributed by atoms with Crippen LogP contribution < -0.4 is 0 Å². The van der Waals surface area contributed by atoms with Gasteiger partial charge in [-0.05, 0) is 12.1 Å². The number of amides is 1. The summed E-state index contributed by atoms with van der Waals surface area (Å²) in [7, 11) is 0. The minimum Gasteiger partial charge on any atom is -0.481 e. The minimum absolute atomic E-state index is 0.107. The Labute approximate surface area is 115 Å². The quantitative estimate of drug-likeness (QED) is 0.811. The van der Waals surface area contributed by atoms with Gasteiger partial charge in [-0.25, -0.2) is 4.98 Å². The summed E-state index contributed by atoms with van der Waals surface area (Å²) in [5, 5.41) is 8.63. The highest BCUT2D eigenvalue weighted by atomic mass is 19.1. The molecule has 20 heavy (non-hydrogen) atoms. The average Bonchev–Trinajstić information content (AvgIpc) is 2.46. The number of carbonyl (C=O) groups excluding carboxylic acids is 1. The van der Waals surface area contributed by atoms with Crippen LogP contribution in [0.4, 0.5) is 4.39 Å². The molecule has 0 atom stereocenters. The van der Waals surface area contributed by atoms with Crippen molar-refractivity contribution >= 4 is 11.9 Å².